The van der Waals surface area contributed by atoms with Crippen LogP contribution in [-0.2, 0) is 4.79 Å². The average Bonchev–Trinajstić information content (AvgIpc) is 2.35. The van der Waals surface area contributed by atoms with Gasteiger partial charge in [-0.3, -0.25) is 4.79 Å². The molecule has 1 amide bonds. The zero-order chi connectivity index (χ0) is 12.0. The second kappa shape index (κ2) is 6.54. The fraction of sp³-hybridized carbons (Fsp3) is 0.462. The fourth-order valence-electron chi connectivity index (χ4n) is 1.55. The van der Waals surface area contributed by atoms with Gasteiger partial charge in [0.05, 0.1) is 6.04 Å². The number of amides is 1. The molecular weight excluding hydrogens is 222 g/mol. The average molecular weight is 240 g/mol. The van der Waals surface area contributed by atoms with Gasteiger partial charge in [0.25, 0.3) is 0 Å². The summed E-state index contributed by atoms with van der Waals surface area (Å²) in [5.74, 6) is -0.0835. The van der Waals surface area contributed by atoms with Gasteiger partial charge < -0.3 is 5.32 Å². The molecule has 0 aliphatic carbocycles. The van der Waals surface area contributed by atoms with Crippen molar-refractivity contribution in [2.24, 2.45) is 0 Å². The van der Waals surface area contributed by atoms with Gasteiger partial charge >= 0.3 is 0 Å². The van der Waals surface area contributed by atoms with Crippen LogP contribution in [0.1, 0.15) is 38.3 Å². The van der Waals surface area contributed by atoms with Gasteiger partial charge in [-0.2, -0.15) is 0 Å². The molecule has 1 aromatic rings. The van der Waals surface area contributed by atoms with Crippen LogP contribution < -0.4 is 5.32 Å². The lowest BCUT2D eigenvalue weighted by Gasteiger charge is -2.18. The van der Waals surface area contributed by atoms with Crippen LogP contribution >= 0.6 is 11.6 Å². The number of hydrogen-bond acceptors (Lipinski definition) is 1. The van der Waals surface area contributed by atoms with Crippen LogP contribution in [0, 0.1) is 0 Å². The summed E-state index contributed by atoms with van der Waals surface area (Å²) < 4.78 is 0. The highest BCUT2D eigenvalue weighted by Crippen LogP contribution is 2.16. The molecule has 3 heteroatoms. The minimum absolute atomic E-state index is 0.0569. The summed E-state index contributed by atoms with van der Waals surface area (Å²) in [6.45, 7) is 3.95. The summed E-state index contributed by atoms with van der Waals surface area (Å²) in [7, 11) is 0. The molecule has 0 aliphatic rings. The van der Waals surface area contributed by atoms with Crippen LogP contribution in [0.2, 0.25) is 0 Å². The van der Waals surface area contributed by atoms with E-state index in [9.17, 15) is 4.79 Å². The third-order valence-electron chi connectivity index (χ3n) is 2.57. The molecule has 1 rings (SSSR count). The number of benzene rings is 1. The molecule has 1 aromatic carbocycles. The summed E-state index contributed by atoms with van der Waals surface area (Å²) in [6.07, 6.45) is 1.52. The van der Waals surface area contributed by atoms with Crippen LogP contribution in [-0.4, -0.2) is 11.3 Å². The van der Waals surface area contributed by atoms with Crippen molar-refractivity contribution in [3.63, 3.8) is 0 Å². The fourth-order valence-corrected chi connectivity index (χ4v) is 1.62. The van der Waals surface area contributed by atoms with Crippen molar-refractivity contribution in [3.8, 4) is 0 Å². The zero-order valence-corrected chi connectivity index (χ0v) is 10.5. The van der Waals surface area contributed by atoms with Crippen LogP contribution in [0.15, 0.2) is 30.3 Å². The smallest absolute Gasteiger partial charge is 0.238 e. The maximum Gasteiger partial charge on any atom is 0.238 e. The molecule has 0 spiro atoms. The van der Waals surface area contributed by atoms with Crippen LogP contribution in [0.5, 0.6) is 0 Å². The van der Waals surface area contributed by atoms with Crippen LogP contribution in [0.3, 0.4) is 0 Å². The molecular formula is C13H18ClNO. The first-order chi connectivity index (χ1) is 7.69. The first kappa shape index (κ1) is 13.0. The minimum Gasteiger partial charge on any atom is -0.348 e. The van der Waals surface area contributed by atoms with Gasteiger partial charge in [0, 0.05) is 0 Å². The summed E-state index contributed by atoms with van der Waals surface area (Å²) >= 11 is 5.89. The molecule has 0 aliphatic heterocycles. The Morgan fingerprint density at radius 2 is 1.88 bits per heavy atom. The lowest BCUT2D eigenvalue weighted by atomic mass is 10.0. The number of halogens is 1. The quantitative estimate of drug-likeness (QED) is 0.785. The van der Waals surface area contributed by atoms with Gasteiger partial charge in [-0.1, -0.05) is 44.2 Å². The number of rotatable bonds is 5. The Balaban J connectivity index is 2.66. The standard InChI is InChI=1S/C13H18ClNO/c1-3-11(14)13(16)15-12(4-2)10-8-6-5-7-9-10/h5-9,11-12H,3-4H2,1-2H3,(H,15,16)/t11-,12+/m1/s1. The summed E-state index contributed by atoms with van der Waals surface area (Å²) in [4.78, 5) is 11.7. The van der Waals surface area contributed by atoms with Crippen molar-refractivity contribution in [2.45, 2.75) is 38.1 Å². The van der Waals surface area contributed by atoms with E-state index in [0.717, 1.165) is 12.0 Å². The number of nitrogens with one attached hydrogen (secondary N) is 1. The zero-order valence-electron chi connectivity index (χ0n) is 9.74. The van der Waals surface area contributed by atoms with E-state index in [1.54, 1.807) is 0 Å². The van der Waals surface area contributed by atoms with E-state index in [-0.39, 0.29) is 11.9 Å². The van der Waals surface area contributed by atoms with Crippen LogP contribution in [0.25, 0.3) is 0 Å². The molecule has 16 heavy (non-hydrogen) atoms. The molecule has 0 aromatic heterocycles. The molecule has 0 heterocycles. The lowest BCUT2D eigenvalue weighted by Crippen LogP contribution is -2.34. The third-order valence-corrected chi connectivity index (χ3v) is 3.08. The normalized spacial score (nSPS) is 14.2. The van der Waals surface area contributed by atoms with Gasteiger partial charge in [-0.15, -0.1) is 11.6 Å². The number of hydrogen-bond donors (Lipinski definition) is 1. The van der Waals surface area contributed by atoms with Gasteiger partial charge in [0.2, 0.25) is 5.91 Å². The maximum atomic E-state index is 11.7. The number of carbonyl (C=O) groups is 1. The SMILES string of the molecule is CC[C@@H](Cl)C(=O)N[C@@H](CC)c1ccccc1. The molecule has 2 nitrogen and oxygen atoms in total. The van der Waals surface area contributed by atoms with E-state index >= 15 is 0 Å². The van der Waals surface area contributed by atoms with Crippen molar-refractivity contribution in [1.82, 2.24) is 5.32 Å². The van der Waals surface area contributed by atoms with Gasteiger partial charge in [-0.05, 0) is 18.4 Å². The highest BCUT2D eigenvalue weighted by atomic mass is 35.5. The molecule has 0 fully saturated rings. The van der Waals surface area contributed by atoms with E-state index in [4.69, 9.17) is 11.6 Å². The first-order valence-corrected chi connectivity index (χ1v) is 6.12. The minimum atomic E-state index is -0.433. The Morgan fingerprint density at radius 1 is 1.25 bits per heavy atom. The molecule has 0 bridgehead atoms. The summed E-state index contributed by atoms with van der Waals surface area (Å²) in [5.41, 5.74) is 1.12. The Morgan fingerprint density at radius 3 is 2.38 bits per heavy atom. The topological polar surface area (TPSA) is 29.1 Å². The third kappa shape index (κ3) is 3.53. The van der Waals surface area contributed by atoms with E-state index in [1.165, 1.54) is 0 Å². The van der Waals surface area contributed by atoms with E-state index < -0.39 is 5.38 Å². The first-order valence-electron chi connectivity index (χ1n) is 5.68. The van der Waals surface area contributed by atoms with Crippen molar-refractivity contribution >= 4 is 17.5 Å². The summed E-state index contributed by atoms with van der Waals surface area (Å²) in [6, 6.07) is 10.0. The highest BCUT2D eigenvalue weighted by Gasteiger charge is 2.17. The monoisotopic (exact) mass is 239 g/mol. The Hall–Kier alpha value is -1.02. The van der Waals surface area contributed by atoms with Gasteiger partial charge in [-0.25, -0.2) is 0 Å². The predicted octanol–water partition coefficient (Wildman–Crippen LogP) is 3.27. The number of carbonyl (C=O) groups excluding carboxylic acids is 1. The molecule has 1 N–H and O–H groups in total. The molecule has 0 unspecified atom stereocenters. The molecule has 0 saturated heterocycles. The van der Waals surface area contributed by atoms with Crippen molar-refractivity contribution in [3.05, 3.63) is 35.9 Å². The molecule has 2 atom stereocenters. The van der Waals surface area contributed by atoms with E-state index in [2.05, 4.69) is 5.32 Å². The van der Waals surface area contributed by atoms with Crippen molar-refractivity contribution < 1.29 is 4.79 Å². The van der Waals surface area contributed by atoms with Gasteiger partial charge in [0.15, 0.2) is 0 Å². The second-order valence-electron chi connectivity index (χ2n) is 3.76. The van der Waals surface area contributed by atoms with Gasteiger partial charge in [0.1, 0.15) is 5.38 Å². The lowest BCUT2D eigenvalue weighted by molar-refractivity contribution is -0.121. The number of alkyl halides is 1. The second-order valence-corrected chi connectivity index (χ2v) is 4.28. The summed E-state index contributed by atoms with van der Waals surface area (Å²) in [5, 5.41) is 2.53. The molecule has 88 valence electrons. The maximum absolute atomic E-state index is 11.7. The van der Waals surface area contributed by atoms with E-state index in [1.807, 2.05) is 44.2 Å². The Bertz CT molecular complexity index is 326. The van der Waals surface area contributed by atoms with Crippen molar-refractivity contribution in [1.29, 1.82) is 0 Å². The van der Waals surface area contributed by atoms with Crippen molar-refractivity contribution in [2.75, 3.05) is 0 Å². The molecule has 0 saturated carbocycles. The highest BCUT2D eigenvalue weighted by molar-refractivity contribution is 6.30. The Labute approximate surface area is 102 Å². The predicted molar refractivity (Wildman–Crippen MR) is 67.5 cm³/mol. The molecule has 0 radical (unpaired) electrons. The largest absolute Gasteiger partial charge is 0.348 e. The Kier molecular flexibility index (Phi) is 5.33. The van der Waals surface area contributed by atoms with Crippen LogP contribution in [0.4, 0.5) is 0 Å². The van der Waals surface area contributed by atoms with E-state index in [0.29, 0.717) is 6.42 Å².